The molecule has 0 aliphatic heterocycles. The maximum atomic E-state index is 13.0. The Labute approximate surface area is 254 Å². The molecule has 228 valence electrons. The van der Waals surface area contributed by atoms with Gasteiger partial charge < -0.3 is 28.4 Å². The summed E-state index contributed by atoms with van der Waals surface area (Å²) in [6.45, 7) is 9.06. The van der Waals surface area contributed by atoms with Gasteiger partial charge in [-0.05, 0) is 70.8 Å². The molecule has 0 saturated carbocycles. The van der Waals surface area contributed by atoms with E-state index in [2.05, 4.69) is 22.6 Å². The molecule has 10 nitrogen and oxygen atoms in total. The van der Waals surface area contributed by atoms with Gasteiger partial charge in [-0.15, -0.1) is 0 Å². The zero-order valence-electron chi connectivity index (χ0n) is 24.5. The molecule has 44 heavy (non-hydrogen) atoms. The minimum Gasteiger partial charge on any atom is -0.493 e. The summed E-state index contributed by atoms with van der Waals surface area (Å²) < 4.78 is 31.0. The van der Waals surface area contributed by atoms with Crippen molar-refractivity contribution in [3.63, 3.8) is 0 Å². The van der Waals surface area contributed by atoms with Crippen LogP contribution in [-0.4, -0.2) is 50.8 Å². The highest BCUT2D eigenvalue weighted by atomic mass is 16.6. The van der Waals surface area contributed by atoms with E-state index >= 15 is 0 Å². The third kappa shape index (κ3) is 7.91. The van der Waals surface area contributed by atoms with Gasteiger partial charge in [-0.1, -0.05) is 32.2 Å². The van der Waals surface area contributed by atoms with E-state index in [0.29, 0.717) is 29.2 Å². The van der Waals surface area contributed by atoms with Crippen molar-refractivity contribution >= 4 is 23.9 Å². The molecule has 0 radical (unpaired) electrons. The van der Waals surface area contributed by atoms with Crippen molar-refractivity contribution in [2.75, 3.05) is 26.9 Å². The first-order chi connectivity index (χ1) is 21.2. The van der Waals surface area contributed by atoms with Gasteiger partial charge in [0.05, 0.1) is 38.6 Å². The smallest absolute Gasteiger partial charge is 0.348 e. The fraction of sp³-hybridized carbons (Fsp3) is 0.235. The van der Waals surface area contributed by atoms with Crippen LogP contribution in [0, 0.1) is 0 Å². The van der Waals surface area contributed by atoms with E-state index in [9.17, 15) is 19.2 Å². The summed E-state index contributed by atoms with van der Waals surface area (Å²) in [5.74, 6) is -0.817. The molecule has 1 unspecified atom stereocenters. The van der Waals surface area contributed by atoms with Gasteiger partial charge in [-0.25, -0.2) is 14.4 Å². The molecule has 1 atom stereocenters. The predicted molar refractivity (Wildman–Crippen MR) is 159 cm³/mol. The van der Waals surface area contributed by atoms with Crippen LogP contribution >= 0.6 is 0 Å². The Morgan fingerprint density at radius 1 is 0.818 bits per heavy atom. The highest BCUT2D eigenvalue weighted by Gasteiger charge is 2.27. The molecule has 3 aromatic rings. The molecular weight excluding hydrogens is 568 g/mol. The van der Waals surface area contributed by atoms with Gasteiger partial charge in [-0.3, -0.25) is 4.79 Å². The first-order valence-corrected chi connectivity index (χ1v) is 13.8. The largest absolute Gasteiger partial charge is 0.493 e. The Morgan fingerprint density at radius 3 is 2.18 bits per heavy atom. The predicted octanol–water partition coefficient (Wildman–Crippen LogP) is 5.53. The molecule has 0 spiro atoms. The second-order valence-corrected chi connectivity index (χ2v) is 9.77. The van der Waals surface area contributed by atoms with Gasteiger partial charge in [0, 0.05) is 17.9 Å². The van der Waals surface area contributed by atoms with Crippen LogP contribution in [0.3, 0.4) is 0 Å². The van der Waals surface area contributed by atoms with Crippen LogP contribution in [0.4, 0.5) is 0 Å². The summed E-state index contributed by atoms with van der Waals surface area (Å²) in [5, 5.41) is 0. The van der Waals surface area contributed by atoms with Crippen LogP contribution < -0.4 is 14.2 Å². The number of esters is 4. The third-order valence-corrected chi connectivity index (χ3v) is 6.80. The number of carbonyl (C=O) groups excluding carboxylic acids is 4. The molecular formula is C34H32O10. The lowest BCUT2D eigenvalue weighted by atomic mass is 9.98. The molecule has 0 bridgehead atoms. The molecule has 4 rings (SSSR count). The summed E-state index contributed by atoms with van der Waals surface area (Å²) in [7, 11) is 1.23. The maximum Gasteiger partial charge on any atom is 0.348 e. The summed E-state index contributed by atoms with van der Waals surface area (Å²) in [6.07, 6.45) is 1.26. The van der Waals surface area contributed by atoms with Crippen LogP contribution in [0.5, 0.6) is 17.2 Å². The highest BCUT2D eigenvalue weighted by Crippen LogP contribution is 2.46. The number of hydrogen-bond donors (Lipinski definition) is 0. The average molecular weight is 601 g/mol. The minimum absolute atomic E-state index is 0.00457. The van der Waals surface area contributed by atoms with E-state index < -0.39 is 23.9 Å². The second-order valence-electron chi connectivity index (χ2n) is 9.77. The zero-order valence-corrected chi connectivity index (χ0v) is 24.5. The molecule has 10 heteroatoms. The SMILES string of the molecule is C=COC(=O)COc1ccc2c(c1)C(C)c1cc(C(=O)Oc3ccc(OCCCOC(=O)C(=C)CC(=O)OC)cc3)ccc1-2. The van der Waals surface area contributed by atoms with Gasteiger partial charge in [0.25, 0.3) is 0 Å². The summed E-state index contributed by atoms with van der Waals surface area (Å²) in [5.41, 5.74) is 4.50. The van der Waals surface area contributed by atoms with E-state index in [1.54, 1.807) is 36.4 Å². The van der Waals surface area contributed by atoms with Crippen LogP contribution in [0.1, 0.15) is 47.2 Å². The van der Waals surface area contributed by atoms with E-state index in [0.717, 1.165) is 28.5 Å². The molecule has 3 aromatic carbocycles. The van der Waals surface area contributed by atoms with E-state index in [1.165, 1.54) is 7.11 Å². The van der Waals surface area contributed by atoms with E-state index in [1.807, 2.05) is 31.2 Å². The number of ether oxygens (including phenoxy) is 6. The number of fused-ring (bicyclic) bond motifs is 3. The highest BCUT2D eigenvalue weighted by molar-refractivity contribution is 5.94. The normalized spacial score (nSPS) is 12.6. The zero-order chi connectivity index (χ0) is 31.6. The van der Waals surface area contributed by atoms with Crippen LogP contribution in [0.2, 0.25) is 0 Å². The minimum atomic E-state index is -0.659. The van der Waals surface area contributed by atoms with Crippen molar-refractivity contribution in [3.8, 4) is 28.4 Å². The molecule has 1 aliphatic rings. The van der Waals surface area contributed by atoms with Crippen LogP contribution in [0.15, 0.2) is 85.7 Å². The number of hydrogen-bond acceptors (Lipinski definition) is 10. The Bertz CT molecular complexity index is 1570. The van der Waals surface area contributed by atoms with Crippen molar-refractivity contribution in [2.45, 2.75) is 25.7 Å². The summed E-state index contributed by atoms with van der Waals surface area (Å²) >= 11 is 0. The lowest BCUT2D eigenvalue weighted by molar-refractivity contribution is -0.144. The Hall–Kier alpha value is -5.38. The standard InChI is InChI=1S/C34H32O10/c1-5-40-32(36)20-43-26-12-14-28-27-13-7-23(18-29(27)22(3)30(28)19-26)34(38)44-25-10-8-24(9-11-25)41-15-6-16-42-33(37)21(2)17-31(35)39-4/h5,7-14,18-19,22H,1-2,6,15-17,20H2,3-4H3. The fourth-order valence-corrected chi connectivity index (χ4v) is 4.57. The van der Waals surface area contributed by atoms with E-state index in [-0.39, 0.29) is 37.7 Å². The van der Waals surface area contributed by atoms with Crippen LogP contribution in [-0.2, 0) is 28.6 Å². The maximum absolute atomic E-state index is 13.0. The van der Waals surface area contributed by atoms with Crippen molar-refractivity contribution in [3.05, 3.63) is 102 Å². The monoisotopic (exact) mass is 600 g/mol. The van der Waals surface area contributed by atoms with Crippen molar-refractivity contribution in [1.29, 1.82) is 0 Å². The Kier molecular flexibility index (Phi) is 10.5. The number of rotatable bonds is 14. The Morgan fingerprint density at radius 2 is 1.48 bits per heavy atom. The molecule has 0 amide bonds. The first-order valence-electron chi connectivity index (χ1n) is 13.8. The lowest BCUT2D eigenvalue weighted by Crippen LogP contribution is -2.13. The molecule has 1 aliphatic carbocycles. The quantitative estimate of drug-likeness (QED) is 0.0582. The lowest BCUT2D eigenvalue weighted by Gasteiger charge is -2.10. The van der Waals surface area contributed by atoms with Gasteiger partial charge in [0.2, 0.25) is 0 Å². The van der Waals surface area contributed by atoms with Gasteiger partial charge in [0.1, 0.15) is 17.2 Å². The van der Waals surface area contributed by atoms with Crippen molar-refractivity contribution in [2.24, 2.45) is 0 Å². The molecule has 0 N–H and O–H groups in total. The number of carbonyl (C=O) groups is 4. The first kappa shape index (κ1) is 31.6. The number of benzene rings is 3. The molecule has 0 saturated heterocycles. The second kappa shape index (κ2) is 14.7. The van der Waals surface area contributed by atoms with Gasteiger partial charge >= 0.3 is 23.9 Å². The molecule has 0 aromatic heterocycles. The van der Waals surface area contributed by atoms with Gasteiger partial charge in [0.15, 0.2) is 6.61 Å². The molecule has 0 heterocycles. The topological polar surface area (TPSA) is 124 Å². The summed E-state index contributed by atoms with van der Waals surface area (Å²) in [4.78, 5) is 47.6. The van der Waals surface area contributed by atoms with E-state index in [4.69, 9.17) is 18.9 Å². The van der Waals surface area contributed by atoms with Gasteiger partial charge in [-0.2, -0.15) is 0 Å². The fourth-order valence-electron chi connectivity index (χ4n) is 4.57. The Balaban J connectivity index is 1.27. The molecule has 0 fully saturated rings. The average Bonchev–Trinajstić information content (AvgIpc) is 3.30. The summed E-state index contributed by atoms with van der Waals surface area (Å²) in [6, 6.07) is 17.7. The van der Waals surface area contributed by atoms with Crippen molar-refractivity contribution in [1.82, 2.24) is 0 Å². The van der Waals surface area contributed by atoms with Crippen molar-refractivity contribution < 1.29 is 47.6 Å². The number of methoxy groups -OCH3 is 1. The third-order valence-electron chi connectivity index (χ3n) is 6.80. The van der Waals surface area contributed by atoms with Crippen LogP contribution in [0.25, 0.3) is 11.1 Å².